The maximum atomic E-state index is 11.6. The van der Waals surface area contributed by atoms with Crippen molar-refractivity contribution in [1.29, 1.82) is 0 Å². The van der Waals surface area contributed by atoms with Crippen LogP contribution in [0.4, 0.5) is 0 Å². The molecule has 1 heterocycles. The first-order valence-electron chi connectivity index (χ1n) is 4.75. The Hall–Kier alpha value is -0.0800. The topological polar surface area (TPSA) is 20.3 Å². The molecular formula is C10H20ClNO. The summed E-state index contributed by atoms with van der Waals surface area (Å²) in [6.45, 7) is 7.45. The first kappa shape index (κ1) is 12.9. The minimum Gasteiger partial charge on any atom is -0.298 e. The van der Waals surface area contributed by atoms with Crippen LogP contribution >= 0.6 is 12.4 Å². The number of carbonyl (C=O) groups excluding carboxylic acids is 1. The van der Waals surface area contributed by atoms with Crippen molar-refractivity contribution in [2.45, 2.75) is 33.2 Å². The summed E-state index contributed by atoms with van der Waals surface area (Å²) in [4.78, 5) is 13.8. The zero-order valence-electron chi connectivity index (χ0n) is 8.91. The van der Waals surface area contributed by atoms with E-state index >= 15 is 0 Å². The standard InChI is InChI=1S/C10H19NO.ClH/c1-7(2)10-9(12)5-8(3)6-11(10)4;/h7-8,10H,5-6H2,1-4H3;1H. The Morgan fingerprint density at radius 2 is 2.00 bits per heavy atom. The molecule has 3 heteroatoms. The molecule has 13 heavy (non-hydrogen) atoms. The van der Waals surface area contributed by atoms with Gasteiger partial charge in [-0.3, -0.25) is 9.69 Å². The molecule has 2 atom stereocenters. The number of hydrogen-bond donors (Lipinski definition) is 0. The van der Waals surface area contributed by atoms with Gasteiger partial charge in [0.25, 0.3) is 0 Å². The van der Waals surface area contributed by atoms with Crippen LogP contribution in [0.25, 0.3) is 0 Å². The number of hydrogen-bond acceptors (Lipinski definition) is 2. The Kier molecular flexibility index (Phi) is 4.93. The Bertz CT molecular complexity index is 182. The van der Waals surface area contributed by atoms with Crippen molar-refractivity contribution in [3.8, 4) is 0 Å². The predicted octanol–water partition coefficient (Wildman–Crippen LogP) is 1.97. The van der Waals surface area contributed by atoms with Crippen LogP contribution in [-0.2, 0) is 4.79 Å². The van der Waals surface area contributed by atoms with Crippen LogP contribution in [-0.4, -0.2) is 30.3 Å². The summed E-state index contributed by atoms with van der Waals surface area (Å²) in [6, 6.07) is 0.168. The zero-order chi connectivity index (χ0) is 9.30. The van der Waals surface area contributed by atoms with Gasteiger partial charge in [0, 0.05) is 13.0 Å². The predicted molar refractivity (Wildman–Crippen MR) is 57.3 cm³/mol. The van der Waals surface area contributed by atoms with Crippen molar-refractivity contribution in [1.82, 2.24) is 4.90 Å². The normalized spacial score (nSPS) is 30.4. The van der Waals surface area contributed by atoms with E-state index in [1.807, 2.05) is 0 Å². The average molecular weight is 206 g/mol. The van der Waals surface area contributed by atoms with E-state index in [-0.39, 0.29) is 18.4 Å². The van der Waals surface area contributed by atoms with Crippen LogP contribution in [0.5, 0.6) is 0 Å². The largest absolute Gasteiger partial charge is 0.298 e. The molecule has 0 spiro atoms. The summed E-state index contributed by atoms with van der Waals surface area (Å²) in [5.74, 6) is 1.42. The quantitative estimate of drug-likeness (QED) is 0.653. The first-order chi connectivity index (χ1) is 5.52. The molecule has 2 unspecified atom stereocenters. The van der Waals surface area contributed by atoms with Gasteiger partial charge in [0.05, 0.1) is 6.04 Å². The molecule has 0 N–H and O–H groups in total. The molecule has 0 aromatic carbocycles. The van der Waals surface area contributed by atoms with Crippen molar-refractivity contribution < 1.29 is 4.79 Å². The average Bonchev–Trinajstić information content (AvgIpc) is 1.82. The van der Waals surface area contributed by atoms with Gasteiger partial charge in [-0.05, 0) is 18.9 Å². The van der Waals surface area contributed by atoms with E-state index in [1.165, 1.54) is 0 Å². The van der Waals surface area contributed by atoms with Gasteiger partial charge < -0.3 is 0 Å². The molecule has 1 aliphatic rings. The number of likely N-dealkylation sites (N-methyl/N-ethyl adjacent to an activating group) is 1. The zero-order valence-corrected chi connectivity index (χ0v) is 9.73. The van der Waals surface area contributed by atoms with Gasteiger partial charge in [-0.2, -0.15) is 0 Å². The highest BCUT2D eigenvalue weighted by molar-refractivity contribution is 5.85. The van der Waals surface area contributed by atoms with Crippen LogP contribution in [0.2, 0.25) is 0 Å². The smallest absolute Gasteiger partial charge is 0.150 e. The number of Topliss-reactive ketones (excluding diaryl/α,β-unsaturated/α-hetero) is 1. The minimum atomic E-state index is 0. The van der Waals surface area contributed by atoms with E-state index in [4.69, 9.17) is 0 Å². The summed E-state index contributed by atoms with van der Waals surface area (Å²) in [7, 11) is 2.05. The Balaban J connectivity index is 0.00000144. The summed E-state index contributed by atoms with van der Waals surface area (Å²) in [6.07, 6.45) is 0.771. The fourth-order valence-corrected chi connectivity index (χ4v) is 2.26. The number of nitrogens with zero attached hydrogens (tertiary/aromatic N) is 1. The van der Waals surface area contributed by atoms with E-state index in [2.05, 4.69) is 32.7 Å². The fourth-order valence-electron chi connectivity index (χ4n) is 2.26. The molecule has 1 aliphatic heterocycles. The lowest BCUT2D eigenvalue weighted by atomic mass is 9.87. The molecule has 0 aromatic rings. The molecule has 0 saturated carbocycles. The summed E-state index contributed by atoms with van der Waals surface area (Å²) in [5, 5.41) is 0. The van der Waals surface area contributed by atoms with Crippen LogP contribution in [0, 0.1) is 11.8 Å². The van der Waals surface area contributed by atoms with E-state index in [0.717, 1.165) is 13.0 Å². The van der Waals surface area contributed by atoms with E-state index < -0.39 is 0 Å². The number of ketones is 1. The Labute approximate surface area is 87.1 Å². The number of carbonyl (C=O) groups is 1. The van der Waals surface area contributed by atoms with Gasteiger partial charge in [0.1, 0.15) is 0 Å². The third-order valence-corrected chi connectivity index (χ3v) is 2.59. The molecule has 0 amide bonds. The number of piperidine rings is 1. The van der Waals surface area contributed by atoms with Crippen molar-refractivity contribution in [3.63, 3.8) is 0 Å². The summed E-state index contributed by atoms with van der Waals surface area (Å²) < 4.78 is 0. The van der Waals surface area contributed by atoms with E-state index in [9.17, 15) is 4.79 Å². The number of rotatable bonds is 1. The molecule has 0 radical (unpaired) electrons. The third-order valence-electron chi connectivity index (χ3n) is 2.59. The Morgan fingerprint density at radius 3 is 2.38 bits per heavy atom. The van der Waals surface area contributed by atoms with Gasteiger partial charge in [-0.15, -0.1) is 12.4 Å². The molecule has 1 saturated heterocycles. The second-order valence-electron chi connectivity index (χ2n) is 4.40. The van der Waals surface area contributed by atoms with Crippen molar-refractivity contribution >= 4 is 18.2 Å². The minimum absolute atomic E-state index is 0. The maximum Gasteiger partial charge on any atom is 0.150 e. The maximum absolute atomic E-state index is 11.6. The van der Waals surface area contributed by atoms with Gasteiger partial charge >= 0.3 is 0 Å². The van der Waals surface area contributed by atoms with Crippen molar-refractivity contribution in [3.05, 3.63) is 0 Å². The van der Waals surface area contributed by atoms with E-state index in [0.29, 0.717) is 17.6 Å². The molecule has 0 aromatic heterocycles. The van der Waals surface area contributed by atoms with Crippen LogP contribution in [0.1, 0.15) is 27.2 Å². The molecule has 2 nitrogen and oxygen atoms in total. The summed E-state index contributed by atoms with van der Waals surface area (Å²) in [5.41, 5.74) is 0. The molecule has 0 aliphatic carbocycles. The highest BCUT2D eigenvalue weighted by atomic mass is 35.5. The third kappa shape index (κ3) is 2.96. The van der Waals surface area contributed by atoms with Gasteiger partial charge in [-0.25, -0.2) is 0 Å². The Morgan fingerprint density at radius 1 is 1.46 bits per heavy atom. The number of halogens is 1. The molecule has 1 rings (SSSR count). The van der Waals surface area contributed by atoms with Gasteiger partial charge in [-0.1, -0.05) is 20.8 Å². The summed E-state index contributed by atoms with van der Waals surface area (Å²) >= 11 is 0. The lowest BCUT2D eigenvalue weighted by Gasteiger charge is -2.36. The molecule has 78 valence electrons. The fraction of sp³-hybridized carbons (Fsp3) is 0.900. The van der Waals surface area contributed by atoms with Crippen LogP contribution in [0.15, 0.2) is 0 Å². The SMILES string of the molecule is CC1CC(=O)C(C(C)C)N(C)C1.Cl. The van der Waals surface area contributed by atoms with Crippen molar-refractivity contribution in [2.75, 3.05) is 13.6 Å². The molecule has 0 bridgehead atoms. The highest BCUT2D eigenvalue weighted by Gasteiger charge is 2.32. The van der Waals surface area contributed by atoms with Gasteiger partial charge in [0.2, 0.25) is 0 Å². The highest BCUT2D eigenvalue weighted by Crippen LogP contribution is 2.21. The lowest BCUT2D eigenvalue weighted by Crippen LogP contribution is -2.49. The lowest BCUT2D eigenvalue weighted by molar-refractivity contribution is -0.129. The van der Waals surface area contributed by atoms with Crippen LogP contribution < -0.4 is 0 Å². The second kappa shape index (κ2) is 4.97. The van der Waals surface area contributed by atoms with E-state index in [1.54, 1.807) is 0 Å². The molecule has 1 fully saturated rings. The van der Waals surface area contributed by atoms with Crippen molar-refractivity contribution in [2.24, 2.45) is 11.8 Å². The monoisotopic (exact) mass is 205 g/mol. The van der Waals surface area contributed by atoms with Crippen LogP contribution in [0.3, 0.4) is 0 Å². The first-order valence-corrected chi connectivity index (χ1v) is 4.75. The second-order valence-corrected chi connectivity index (χ2v) is 4.40. The molecular weight excluding hydrogens is 186 g/mol. The van der Waals surface area contributed by atoms with Gasteiger partial charge in [0.15, 0.2) is 5.78 Å². The number of likely N-dealkylation sites (tertiary alicyclic amines) is 1.